The Morgan fingerprint density at radius 1 is 1.15 bits per heavy atom. The molecule has 0 saturated carbocycles. The Kier molecular flexibility index (Phi) is 10.7. The maximum absolute atomic E-state index is 14.7. The summed E-state index contributed by atoms with van der Waals surface area (Å²) in [6.45, 7) is 6.79. The van der Waals surface area contributed by atoms with Gasteiger partial charge in [0, 0.05) is 24.1 Å². The van der Waals surface area contributed by atoms with Crippen LogP contribution in [0.1, 0.15) is 50.7 Å². The van der Waals surface area contributed by atoms with Crippen LogP contribution in [0.5, 0.6) is 0 Å². The molecule has 0 fully saturated rings. The van der Waals surface area contributed by atoms with Crippen molar-refractivity contribution in [3.63, 3.8) is 0 Å². The largest absolute Gasteiger partial charge is 0.464 e. The lowest BCUT2D eigenvalue weighted by molar-refractivity contribution is -0.384. The van der Waals surface area contributed by atoms with Crippen LogP contribution in [0.25, 0.3) is 0 Å². The third-order valence-electron chi connectivity index (χ3n) is 6.00. The smallest absolute Gasteiger partial charge is 0.354 e. The van der Waals surface area contributed by atoms with Crippen molar-refractivity contribution in [2.75, 3.05) is 33.3 Å². The zero-order valence-electron chi connectivity index (χ0n) is 22.2. The molecule has 3 rings (SSSR count). The monoisotopic (exact) mass is 542 g/mol. The zero-order valence-corrected chi connectivity index (χ0v) is 22.2. The van der Waals surface area contributed by atoms with Gasteiger partial charge in [-0.05, 0) is 57.1 Å². The van der Waals surface area contributed by atoms with Gasteiger partial charge in [-0.1, -0.05) is 19.9 Å². The number of hydrogen-bond acceptors (Lipinski definition) is 9. The summed E-state index contributed by atoms with van der Waals surface area (Å²) in [6.07, 6.45) is 3.10. The molecule has 0 atom stereocenters. The van der Waals surface area contributed by atoms with Crippen molar-refractivity contribution < 1.29 is 23.2 Å². The Labute approximate surface area is 225 Å². The second kappa shape index (κ2) is 14.2. The number of methoxy groups -OCH3 is 1. The minimum absolute atomic E-state index is 0.0918. The van der Waals surface area contributed by atoms with E-state index in [1.165, 1.54) is 31.4 Å². The summed E-state index contributed by atoms with van der Waals surface area (Å²) in [5.74, 6) is -2.15. The number of nitrogens with zero attached hydrogens (tertiary/aromatic N) is 5. The predicted octanol–water partition coefficient (Wildman–Crippen LogP) is 4.77. The molecule has 10 nitrogen and oxygen atoms in total. The highest BCUT2D eigenvalue weighted by atomic mass is 19.1. The molecule has 0 bridgehead atoms. The van der Waals surface area contributed by atoms with Crippen LogP contribution in [0, 0.1) is 21.7 Å². The van der Waals surface area contributed by atoms with E-state index in [1.54, 1.807) is 0 Å². The standard InChI is InChI=1S/C27H32F2N6O4/c1-4-13-34(14-5-2)15-7-10-23(27(36)39-3)32-33-24-17-30-26(25-20(28)8-6-9-21(25)29)19-16-18(35(37)38)11-12-22(19)31-24/h6,8-9,11-12,16H,4-5,7,10,13-15,17H2,1-3H3,(H,31,33). The van der Waals surface area contributed by atoms with Gasteiger partial charge in [0.15, 0.2) is 0 Å². The normalized spacial score (nSPS) is 13.3. The average Bonchev–Trinajstić information content (AvgIpc) is 3.09. The van der Waals surface area contributed by atoms with Crippen molar-refractivity contribution in [2.45, 2.75) is 39.5 Å². The van der Waals surface area contributed by atoms with E-state index in [0.717, 1.165) is 44.6 Å². The number of fused-ring (bicyclic) bond motifs is 1. The molecule has 0 amide bonds. The molecule has 1 heterocycles. The second-order valence-corrected chi connectivity index (χ2v) is 8.89. The van der Waals surface area contributed by atoms with Gasteiger partial charge in [0.1, 0.15) is 23.2 Å². The third kappa shape index (κ3) is 7.73. The van der Waals surface area contributed by atoms with Gasteiger partial charge in [-0.2, -0.15) is 5.10 Å². The fraction of sp³-hybridized carbons (Fsp3) is 0.407. The van der Waals surface area contributed by atoms with Crippen LogP contribution in [-0.2, 0) is 9.53 Å². The molecule has 0 unspecified atom stereocenters. The summed E-state index contributed by atoms with van der Waals surface area (Å²) < 4.78 is 34.3. The number of esters is 1. The van der Waals surface area contributed by atoms with Gasteiger partial charge in [0.25, 0.3) is 5.69 Å². The first-order valence-electron chi connectivity index (χ1n) is 12.8. The molecule has 0 aliphatic carbocycles. The van der Waals surface area contributed by atoms with E-state index >= 15 is 0 Å². The lowest BCUT2D eigenvalue weighted by Gasteiger charge is -2.20. The highest BCUT2D eigenvalue weighted by Crippen LogP contribution is 2.30. The minimum Gasteiger partial charge on any atom is -0.464 e. The van der Waals surface area contributed by atoms with Crippen LogP contribution in [0.2, 0.25) is 0 Å². The molecule has 0 aromatic heterocycles. The van der Waals surface area contributed by atoms with Crippen molar-refractivity contribution in [3.8, 4) is 0 Å². The number of nitro benzene ring substituents is 1. The molecular formula is C27H32F2N6O4. The predicted molar refractivity (Wildman–Crippen MR) is 146 cm³/mol. The van der Waals surface area contributed by atoms with Gasteiger partial charge >= 0.3 is 5.97 Å². The Bertz CT molecular complexity index is 1270. The van der Waals surface area contributed by atoms with Crippen molar-refractivity contribution in [2.24, 2.45) is 15.1 Å². The molecule has 0 spiro atoms. The first-order chi connectivity index (χ1) is 18.8. The molecule has 0 saturated heterocycles. The molecule has 12 heteroatoms. The number of hydrogen-bond donors (Lipinski definition) is 1. The molecule has 2 aromatic rings. The van der Waals surface area contributed by atoms with Crippen molar-refractivity contribution in [1.29, 1.82) is 0 Å². The summed E-state index contributed by atoms with van der Waals surface area (Å²) in [6, 6.07) is 7.16. The van der Waals surface area contributed by atoms with Crippen LogP contribution in [-0.4, -0.2) is 66.3 Å². The number of aliphatic imine (C=N–C) groups is 2. The fourth-order valence-corrected chi connectivity index (χ4v) is 4.23. The number of rotatable bonds is 12. The topological polar surface area (TPSA) is 122 Å². The number of halogens is 2. The van der Waals surface area contributed by atoms with Crippen LogP contribution in [0.3, 0.4) is 0 Å². The van der Waals surface area contributed by atoms with E-state index < -0.39 is 28.1 Å². The van der Waals surface area contributed by atoms with Crippen LogP contribution < -0.4 is 5.43 Å². The molecule has 2 aromatic carbocycles. The third-order valence-corrected chi connectivity index (χ3v) is 6.00. The van der Waals surface area contributed by atoms with E-state index in [1.807, 2.05) is 0 Å². The number of amidine groups is 1. The average molecular weight is 543 g/mol. The maximum Gasteiger partial charge on any atom is 0.354 e. The van der Waals surface area contributed by atoms with E-state index in [2.05, 4.69) is 39.3 Å². The van der Waals surface area contributed by atoms with Gasteiger partial charge in [-0.15, -0.1) is 0 Å². The number of nitrogens with one attached hydrogen (secondary N) is 1. The SMILES string of the molecule is CCCN(CCC)CCCC(=NNC1=Nc2ccc([N+](=O)[O-])cc2C(c2c(F)cccc2F)=NC1)C(=O)OC. The van der Waals surface area contributed by atoms with E-state index in [0.29, 0.717) is 12.8 Å². The summed E-state index contributed by atoms with van der Waals surface area (Å²) in [7, 11) is 1.27. The number of non-ortho nitro benzene ring substituents is 1. The first-order valence-corrected chi connectivity index (χ1v) is 12.8. The Morgan fingerprint density at radius 3 is 2.46 bits per heavy atom. The van der Waals surface area contributed by atoms with Gasteiger partial charge in [0.05, 0.1) is 35.5 Å². The number of hydrazone groups is 1. The quantitative estimate of drug-likeness (QED) is 0.178. The second-order valence-electron chi connectivity index (χ2n) is 8.89. The van der Waals surface area contributed by atoms with Gasteiger partial charge in [-0.3, -0.25) is 20.5 Å². The molecule has 39 heavy (non-hydrogen) atoms. The van der Waals surface area contributed by atoms with Gasteiger partial charge < -0.3 is 9.64 Å². The molecule has 1 N–H and O–H groups in total. The number of carbonyl (C=O) groups excluding carboxylic acids is 1. The summed E-state index contributed by atoms with van der Waals surface area (Å²) in [4.78, 5) is 34.3. The number of ether oxygens (including phenoxy) is 1. The van der Waals surface area contributed by atoms with Crippen LogP contribution in [0.4, 0.5) is 20.2 Å². The molecule has 1 aliphatic heterocycles. The van der Waals surface area contributed by atoms with Crippen LogP contribution in [0.15, 0.2) is 51.5 Å². The number of carbonyl (C=O) groups is 1. The highest BCUT2D eigenvalue weighted by Gasteiger charge is 2.24. The van der Waals surface area contributed by atoms with Gasteiger partial charge in [-0.25, -0.2) is 18.6 Å². The molecule has 208 valence electrons. The van der Waals surface area contributed by atoms with Gasteiger partial charge in [0.2, 0.25) is 0 Å². The Hall–Kier alpha value is -4.06. The van der Waals surface area contributed by atoms with E-state index in [4.69, 9.17) is 4.74 Å². The Morgan fingerprint density at radius 2 is 1.85 bits per heavy atom. The lowest BCUT2D eigenvalue weighted by Crippen LogP contribution is -2.29. The van der Waals surface area contributed by atoms with Crippen molar-refractivity contribution in [3.05, 3.63) is 69.3 Å². The summed E-state index contributed by atoms with van der Waals surface area (Å²) >= 11 is 0. The number of nitro groups is 1. The van der Waals surface area contributed by atoms with E-state index in [9.17, 15) is 23.7 Å². The Balaban J connectivity index is 1.91. The highest BCUT2D eigenvalue weighted by molar-refractivity contribution is 6.36. The van der Waals surface area contributed by atoms with E-state index in [-0.39, 0.29) is 40.7 Å². The molecule has 0 radical (unpaired) electrons. The van der Waals surface area contributed by atoms with Crippen LogP contribution >= 0.6 is 0 Å². The minimum atomic E-state index is -0.867. The molecular weight excluding hydrogens is 510 g/mol. The number of benzene rings is 2. The van der Waals surface area contributed by atoms with Crippen molar-refractivity contribution in [1.82, 2.24) is 10.3 Å². The lowest BCUT2D eigenvalue weighted by atomic mass is 9.99. The summed E-state index contributed by atoms with van der Waals surface area (Å²) in [5, 5.41) is 15.6. The first kappa shape index (κ1) is 29.5. The fourth-order valence-electron chi connectivity index (χ4n) is 4.23. The maximum atomic E-state index is 14.7. The summed E-state index contributed by atoms with van der Waals surface area (Å²) in [5.41, 5.74) is 2.37. The zero-order chi connectivity index (χ0) is 28.4. The van der Waals surface area contributed by atoms with Crippen molar-refractivity contribution >= 4 is 34.6 Å². The molecule has 1 aliphatic rings.